The molecule has 0 fully saturated rings. The molecule has 0 unspecified atom stereocenters. The van der Waals surface area contributed by atoms with Gasteiger partial charge in [0, 0.05) is 6.42 Å². The lowest BCUT2D eigenvalue weighted by Gasteiger charge is -2.33. The zero-order valence-electron chi connectivity index (χ0n) is 12.3. The van der Waals surface area contributed by atoms with Gasteiger partial charge in [0.1, 0.15) is 5.78 Å². The highest BCUT2D eigenvalue weighted by molar-refractivity contribution is 5.93. The summed E-state index contributed by atoms with van der Waals surface area (Å²) in [5, 5.41) is 0. The average molecular weight is 282 g/mol. The third-order valence-electron chi connectivity index (χ3n) is 3.96. The van der Waals surface area contributed by atoms with Crippen LogP contribution in [0.25, 0.3) is 0 Å². The zero-order valence-corrected chi connectivity index (χ0v) is 12.3. The van der Waals surface area contributed by atoms with Gasteiger partial charge in [-0.25, -0.2) is 0 Å². The summed E-state index contributed by atoms with van der Waals surface area (Å²) in [4.78, 5) is 12.8. The fraction of sp³-hybridized carbons (Fsp3) is 0.350. The van der Waals surface area contributed by atoms with Gasteiger partial charge in [-0.3, -0.25) is 4.79 Å². The van der Waals surface area contributed by atoms with Gasteiger partial charge >= 0.3 is 0 Å². The third-order valence-corrected chi connectivity index (χ3v) is 3.96. The minimum atomic E-state index is -0.494. The van der Waals surface area contributed by atoms with Gasteiger partial charge in [-0.15, -0.1) is 0 Å². The van der Waals surface area contributed by atoms with Gasteiger partial charge < -0.3 is 0 Å². The van der Waals surface area contributed by atoms with E-state index in [1.165, 1.54) is 0 Å². The Kier molecular flexibility index (Phi) is 6.36. The summed E-state index contributed by atoms with van der Waals surface area (Å²) in [6.45, 7) is 4.10. The van der Waals surface area contributed by atoms with Crippen molar-refractivity contribution < 1.29 is 4.79 Å². The molecule has 1 nitrogen and oxygen atoms in total. The lowest BCUT2D eigenvalue weighted by Crippen LogP contribution is -2.36. The van der Waals surface area contributed by atoms with Crippen molar-refractivity contribution in [2.45, 2.75) is 46.0 Å². The fourth-order valence-corrected chi connectivity index (χ4v) is 3.04. The van der Waals surface area contributed by atoms with E-state index in [9.17, 15) is 4.79 Å². The van der Waals surface area contributed by atoms with E-state index in [0.717, 1.165) is 24.0 Å². The maximum Gasteiger partial charge on any atom is 0.147 e. The highest BCUT2D eigenvalue weighted by Crippen LogP contribution is 2.38. The largest absolute Gasteiger partial charge is 0.298 e. The zero-order chi connectivity index (χ0) is 14.4. The molecule has 0 radical (unpaired) electrons. The van der Waals surface area contributed by atoms with Crippen molar-refractivity contribution in [1.29, 1.82) is 0 Å². The van der Waals surface area contributed by atoms with E-state index in [4.69, 9.17) is 0 Å². The molecule has 0 atom stereocenters. The number of carbonyl (C=O) groups excluding carboxylic acids is 1. The van der Waals surface area contributed by atoms with Gasteiger partial charge in [-0.2, -0.15) is 0 Å². The molecule has 0 aliphatic heterocycles. The molecular formula is C20H26O. The summed E-state index contributed by atoms with van der Waals surface area (Å²) in [7, 11) is 0. The SMILES string of the molecule is C.CCCC(C(=O)CC)(c1ccccc1)c1ccccc1. The van der Waals surface area contributed by atoms with Crippen molar-refractivity contribution in [3.63, 3.8) is 0 Å². The molecule has 0 spiro atoms. The summed E-state index contributed by atoms with van der Waals surface area (Å²) >= 11 is 0. The number of rotatable bonds is 6. The summed E-state index contributed by atoms with van der Waals surface area (Å²) in [6.07, 6.45) is 2.40. The van der Waals surface area contributed by atoms with Gasteiger partial charge in [0.25, 0.3) is 0 Å². The molecule has 112 valence electrons. The summed E-state index contributed by atoms with van der Waals surface area (Å²) in [5.74, 6) is 0.303. The van der Waals surface area contributed by atoms with E-state index in [0.29, 0.717) is 12.2 Å². The smallest absolute Gasteiger partial charge is 0.147 e. The Hall–Kier alpha value is -1.89. The average Bonchev–Trinajstić information content (AvgIpc) is 2.53. The van der Waals surface area contributed by atoms with Crippen LogP contribution in [0.2, 0.25) is 0 Å². The molecule has 0 saturated carbocycles. The Morgan fingerprint density at radius 2 is 1.29 bits per heavy atom. The van der Waals surface area contributed by atoms with Crippen molar-refractivity contribution in [1.82, 2.24) is 0 Å². The van der Waals surface area contributed by atoms with Crippen molar-refractivity contribution in [2.24, 2.45) is 0 Å². The van der Waals surface area contributed by atoms with Crippen molar-refractivity contribution in [3.8, 4) is 0 Å². The molecule has 0 aliphatic rings. The van der Waals surface area contributed by atoms with Gasteiger partial charge in [-0.05, 0) is 17.5 Å². The maximum absolute atomic E-state index is 12.8. The minimum absolute atomic E-state index is 0. The molecule has 0 aromatic heterocycles. The predicted octanol–water partition coefficient (Wildman–Crippen LogP) is 5.39. The van der Waals surface area contributed by atoms with E-state index in [2.05, 4.69) is 31.2 Å². The van der Waals surface area contributed by atoms with Crippen molar-refractivity contribution in [3.05, 3.63) is 71.8 Å². The number of ketones is 1. The normalized spacial score (nSPS) is 10.8. The highest BCUT2D eigenvalue weighted by atomic mass is 16.1. The quantitative estimate of drug-likeness (QED) is 0.694. The summed E-state index contributed by atoms with van der Waals surface area (Å²) < 4.78 is 0. The van der Waals surface area contributed by atoms with Crippen LogP contribution in [0.1, 0.15) is 51.7 Å². The first-order valence-electron chi connectivity index (χ1n) is 7.40. The van der Waals surface area contributed by atoms with Crippen LogP contribution < -0.4 is 0 Å². The molecule has 0 bridgehead atoms. The maximum atomic E-state index is 12.8. The number of Topliss-reactive ketones (excluding diaryl/α,β-unsaturated/α-hetero) is 1. The van der Waals surface area contributed by atoms with Crippen LogP contribution in [0.15, 0.2) is 60.7 Å². The topological polar surface area (TPSA) is 17.1 Å². The Labute approximate surface area is 129 Å². The molecule has 0 aliphatic carbocycles. The molecule has 0 amide bonds. The van der Waals surface area contributed by atoms with Gasteiger partial charge in [0.2, 0.25) is 0 Å². The third kappa shape index (κ3) is 3.24. The van der Waals surface area contributed by atoms with Crippen LogP contribution in [0.4, 0.5) is 0 Å². The number of hydrogen-bond donors (Lipinski definition) is 0. The Morgan fingerprint density at radius 1 is 0.857 bits per heavy atom. The minimum Gasteiger partial charge on any atom is -0.298 e. The first-order valence-corrected chi connectivity index (χ1v) is 7.40. The van der Waals surface area contributed by atoms with Gasteiger partial charge in [-0.1, -0.05) is 88.4 Å². The molecule has 2 aromatic carbocycles. The van der Waals surface area contributed by atoms with Crippen LogP contribution >= 0.6 is 0 Å². The van der Waals surface area contributed by atoms with Crippen LogP contribution in [-0.2, 0) is 10.2 Å². The van der Waals surface area contributed by atoms with E-state index in [-0.39, 0.29) is 7.43 Å². The second kappa shape index (κ2) is 7.78. The van der Waals surface area contributed by atoms with Gasteiger partial charge in [0.05, 0.1) is 5.41 Å². The van der Waals surface area contributed by atoms with Crippen LogP contribution in [0.5, 0.6) is 0 Å². The molecular weight excluding hydrogens is 256 g/mol. The highest BCUT2D eigenvalue weighted by Gasteiger charge is 2.39. The number of benzene rings is 2. The first-order chi connectivity index (χ1) is 9.75. The van der Waals surface area contributed by atoms with Crippen LogP contribution in [0, 0.1) is 0 Å². The molecule has 0 saturated heterocycles. The summed E-state index contributed by atoms with van der Waals surface area (Å²) in [6, 6.07) is 20.4. The Balaban J connectivity index is 0.00000220. The summed E-state index contributed by atoms with van der Waals surface area (Å²) in [5.41, 5.74) is 1.73. The second-order valence-corrected chi connectivity index (χ2v) is 5.16. The first kappa shape index (κ1) is 17.2. The van der Waals surface area contributed by atoms with Crippen molar-refractivity contribution in [2.75, 3.05) is 0 Å². The molecule has 0 heterocycles. The lowest BCUT2D eigenvalue weighted by atomic mass is 9.68. The second-order valence-electron chi connectivity index (χ2n) is 5.16. The molecule has 21 heavy (non-hydrogen) atoms. The Bertz CT molecular complexity index is 503. The number of carbonyl (C=O) groups is 1. The van der Waals surface area contributed by atoms with E-state index >= 15 is 0 Å². The van der Waals surface area contributed by atoms with E-state index in [1.54, 1.807) is 0 Å². The standard InChI is InChI=1S/C19H22O.CH4/c1-3-15-19(18(20)4-2,16-11-7-5-8-12-16)17-13-9-6-10-14-17;/h5-14H,3-4,15H2,1-2H3;1H4. The predicted molar refractivity (Wildman–Crippen MR) is 90.6 cm³/mol. The van der Waals surface area contributed by atoms with Crippen LogP contribution in [-0.4, -0.2) is 5.78 Å². The number of hydrogen-bond acceptors (Lipinski definition) is 1. The molecule has 0 N–H and O–H groups in total. The van der Waals surface area contributed by atoms with Gasteiger partial charge in [0.15, 0.2) is 0 Å². The van der Waals surface area contributed by atoms with E-state index < -0.39 is 5.41 Å². The fourth-order valence-electron chi connectivity index (χ4n) is 3.04. The molecule has 1 heteroatoms. The van der Waals surface area contributed by atoms with Crippen LogP contribution in [0.3, 0.4) is 0 Å². The molecule has 2 rings (SSSR count). The Morgan fingerprint density at radius 3 is 1.62 bits per heavy atom. The van der Waals surface area contributed by atoms with E-state index in [1.807, 2.05) is 43.3 Å². The van der Waals surface area contributed by atoms with Crippen molar-refractivity contribution >= 4 is 5.78 Å². The lowest BCUT2D eigenvalue weighted by molar-refractivity contribution is -0.123. The molecule has 2 aromatic rings. The monoisotopic (exact) mass is 282 g/mol.